The monoisotopic (exact) mass is 620 g/mol. The Morgan fingerprint density at radius 2 is 1.83 bits per heavy atom. The zero-order valence-corrected chi connectivity index (χ0v) is 24.2. The zero-order chi connectivity index (χ0) is 29.1. The largest absolute Gasteiger partial charge is 0.491 e. The van der Waals surface area contributed by atoms with Crippen molar-refractivity contribution in [1.82, 2.24) is 20.2 Å². The number of nitrogens with zero attached hydrogens (tertiary/aromatic N) is 2. The van der Waals surface area contributed by atoms with E-state index in [1.165, 1.54) is 11.0 Å². The number of hydrogen-bond acceptors (Lipinski definition) is 5. The normalized spacial score (nSPS) is 16.5. The number of aliphatic hydroxyl groups excluding tert-OH is 1. The molecule has 41 heavy (non-hydrogen) atoms. The Bertz CT molecular complexity index is 1540. The molecule has 212 valence electrons. The van der Waals surface area contributed by atoms with Crippen LogP contribution in [-0.2, 0) is 11.2 Å². The number of urea groups is 1. The van der Waals surface area contributed by atoms with Crippen molar-refractivity contribution in [2.45, 2.75) is 38.3 Å². The number of imide groups is 1. The first-order valence-electron chi connectivity index (χ1n) is 13.4. The minimum absolute atomic E-state index is 0.114. The Morgan fingerprint density at radius 1 is 1.10 bits per heavy atom. The Labute approximate surface area is 245 Å². The predicted octanol–water partition coefficient (Wildman–Crippen LogP) is 6.05. The Kier molecular flexibility index (Phi) is 8.51. The third kappa shape index (κ3) is 5.75. The number of carbonyl (C=O) groups is 2. The van der Waals surface area contributed by atoms with Crippen molar-refractivity contribution >= 4 is 27.9 Å². The summed E-state index contributed by atoms with van der Waals surface area (Å²) in [6, 6.07) is 19.0. The molecule has 0 spiro atoms. The molecule has 0 saturated carbocycles. The lowest BCUT2D eigenvalue weighted by Gasteiger charge is -2.29. The van der Waals surface area contributed by atoms with Crippen LogP contribution in [0.4, 0.5) is 9.18 Å². The van der Waals surface area contributed by atoms with Gasteiger partial charge >= 0.3 is 6.03 Å². The molecule has 3 aromatic carbocycles. The zero-order valence-electron chi connectivity index (χ0n) is 22.6. The average molecular weight is 622 g/mol. The highest BCUT2D eigenvalue weighted by molar-refractivity contribution is 9.10. The number of carbonyl (C=O) groups excluding carboxylic acids is 2. The Morgan fingerprint density at radius 3 is 2.49 bits per heavy atom. The maximum Gasteiger partial charge on any atom is 0.325 e. The number of aromatic amines is 1. The fraction of sp³-hybridized carbons (Fsp3) is 0.258. The van der Waals surface area contributed by atoms with E-state index < -0.39 is 29.8 Å². The second-order valence-electron chi connectivity index (χ2n) is 9.80. The molecule has 2 heterocycles. The SMILES string of the molecule is CCc1[nH]c(C([C@@H](C)c2ccccc2)N2C(=O)N[C@H](c3ccc(OCCO)cc3)C2=O)nc1-c1ccc(Br)cc1F. The first kappa shape index (κ1) is 28.5. The van der Waals surface area contributed by atoms with Crippen LogP contribution in [0, 0.1) is 5.82 Å². The lowest BCUT2D eigenvalue weighted by Crippen LogP contribution is -2.38. The van der Waals surface area contributed by atoms with E-state index in [1.54, 1.807) is 36.4 Å². The van der Waals surface area contributed by atoms with Crippen LogP contribution in [0.15, 0.2) is 77.3 Å². The van der Waals surface area contributed by atoms with E-state index >= 15 is 4.39 Å². The molecule has 0 bridgehead atoms. The second-order valence-corrected chi connectivity index (χ2v) is 10.7. The van der Waals surface area contributed by atoms with Crippen molar-refractivity contribution in [3.63, 3.8) is 0 Å². The van der Waals surface area contributed by atoms with Crippen LogP contribution in [0.5, 0.6) is 5.75 Å². The van der Waals surface area contributed by atoms with Gasteiger partial charge in [-0.25, -0.2) is 14.2 Å². The van der Waals surface area contributed by atoms with Gasteiger partial charge in [-0.1, -0.05) is 72.2 Å². The number of ether oxygens (including phenoxy) is 1. The van der Waals surface area contributed by atoms with E-state index in [4.69, 9.17) is 14.8 Å². The molecule has 8 nitrogen and oxygen atoms in total. The number of halogens is 2. The van der Waals surface area contributed by atoms with Gasteiger partial charge in [0.05, 0.1) is 12.3 Å². The molecule has 1 fully saturated rings. The van der Waals surface area contributed by atoms with Crippen molar-refractivity contribution in [1.29, 1.82) is 0 Å². The van der Waals surface area contributed by atoms with Gasteiger partial charge in [-0.15, -0.1) is 0 Å². The summed E-state index contributed by atoms with van der Waals surface area (Å²) in [4.78, 5) is 36.8. The molecule has 10 heteroatoms. The third-order valence-electron chi connectivity index (χ3n) is 7.24. The summed E-state index contributed by atoms with van der Waals surface area (Å²) in [5, 5.41) is 11.8. The topological polar surface area (TPSA) is 108 Å². The van der Waals surface area contributed by atoms with E-state index in [9.17, 15) is 9.59 Å². The van der Waals surface area contributed by atoms with Gasteiger partial charge in [0.15, 0.2) is 0 Å². The number of amides is 3. The molecule has 1 aliphatic heterocycles. The summed E-state index contributed by atoms with van der Waals surface area (Å²) < 4.78 is 21.0. The summed E-state index contributed by atoms with van der Waals surface area (Å²) in [6.45, 7) is 3.91. The van der Waals surface area contributed by atoms with E-state index in [0.717, 1.165) is 5.56 Å². The Hall–Kier alpha value is -4.02. The van der Waals surface area contributed by atoms with Gasteiger partial charge < -0.3 is 20.1 Å². The molecular formula is C31H30BrFN4O4. The summed E-state index contributed by atoms with van der Waals surface area (Å²) in [5.74, 6) is -0.244. The van der Waals surface area contributed by atoms with Gasteiger partial charge in [0.2, 0.25) is 0 Å². The van der Waals surface area contributed by atoms with Crippen molar-refractivity contribution in [3.05, 3.63) is 106 Å². The fourth-order valence-electron chi connectivity index (χ4n) is 5.15. The molecule has 0 aliphatic carbocycles. The Balaban J connectivity index is 1.55. The molecule has 1 aromatic heterocycles. The third-order valence-corrected chi connectivity index (χ3v) is 7.73. The molecule has 1 saturated heterocycles. The molecule has 3 atom stereocenters. The van der Waals surface area contributed by atoms with Gasteiger partial charge in [-0.05, 0) is 47.9 Å². The molecule has 0 radical (unpaired) electrons. The average Bonchev–Trinajstić information content (AvgIpc) is 3.53. The lowest BCUT2D eigenvalue weighted by molar-refractivity contribution is -0.129. The van der Waals surface area contributed by atoms with Gasteiger partial charge in [-0.3, -0.25) is 9.69 Å². The van der Waals surface area contributed by atoms with E-state index in [0.29, 0.717) is 45.0 Å². The predicted molar refractivity (Wildman–Crippen MR) is 156 cm³/mol. The molecule has 3 amide bonds. The summed E-state index contributed by atoms with van der Waals surface area (Å²) in [7, 11) is 0. The summed E-state index contributed by atoms with van der Waals surface area (Å²) in [6.07, 6.45) is 0.539. The van der Waals surface area contributed by atoms with Gasteiger partial charge in [0.25, 0.3) is 5.91 Å². The van der Waals surface area contributed by atoms with Crippen LogP contribution in [0.3, 0.4) is 0 Å². The van der Waals surface area contributed by atoms with Crippen molar-refractivity contribution in [3.8, 4) is 17.0 Å². The van der Waals surface area contributed by atoms with Gasteiger partial charge in [0.1, 0.15) is 36.1 Å². The first-order chi connectivity index (χ1) is 19.8. The number of nitrogens with one attached hydrogen (secondary N) is 2. The van der Waals surface area contributed by atoms with E-state index in [1.807, 2.05) is 44.2 Å². The van der Waals surface area contributed by atoms with Crippen LogP contribution in [0.2, 0.25) is 0 Å². The standard InChI is InChI=1S/C31H30BrFN4O4/c1-3-25-27(23-14-11-21(32)17-24(23)33)35-29(34-25)28(18(2)19-7-5-4-6-8-19)37-30(39)26(36-31(37)40)20-9-12-22(13-10-20)41-16-15-38/h4-14,17-18,26,28,38H,3,15-16H2,1-2H3,(H,34,35)(H,36,40)/t18-,26+,28?/m0/s1. The number of hydrogen-bond donors (Lipinski definition) is 3. The van der Waals surface area contributed by atoms with Crippen LogP contribution >= 0.6 is 15.9 Å². The molecule has 1 unspecified atom stereocenters. The number of aliphatic hydroxyl groups is 1. The highest BCUT2D eigenvalue weighted by Gasteiger charge is 2.46. The van der Waals surface area contributed by atoms with Crippen molar-refractivity contribution in [2.75, 3.05) is 13.2 Å². The van der Waals surface area contributed by atoms with Gasteiger partial charge in [-0.2, -0.15) is 0 Å². The smallest absolute Gasteiger partial charge is 0.325 e. The highest BCUT2D eigenvalue weighted by atomic mass is 79.9. The minimum atomic E-state index is -0.899. The maximum absolute atomic E-state index is 15.0. The highest BCUT2D eigenvalue weighted by Crippen LogP contribution is 2.40. The number of aromatic nitrogens is 2. The summed E-state index contributed by atoms with van der Waals surface area (Å²) in [5.41, 5.74) is 2.99. The van der Waals surface area contributed by atoms with Gasteiger partial charge in [0, 0.05) is 21.6 Å². The second kappa shape index (κ2) is 12.2. The minimum Gasteiger partial charge on any atom is -0.491 e. The van der Waals surface area contributed by atoms with Crippen LogP contribution in [0.25, 0.3) is 11.3 Å². The van der Waals surface area contributed by atoms with Crippen molar-refractivity contribution in [2.24, 2.45) is 0 Å². The first-order valence-corrected chi connectivity index (χ1v) is 14.2. The quantitative estimate of drug-likeness (QED) is 0.187. The fourth-order valence-corrected chi connectivity index (χ4v) is 5.49. The molecule has 5 rings (SSSR count). The number of H-pyrrole nitrogens is 1. The molecule has 3 N–H and O–H groups in total. The molecule has 4 aromatic rings. The molecule has 1 aliphatic rings. The van der Waals surface area contributed by atoms with Crippen LogP contribution in [-0.4, -0.2) is 45.1 Å². The van der Waals surface area contributed by atoms with Crippen LogP contribution in [0.1, 0.15) is 54.5 Å². The number of rotatable bonds is 10. The maximum atomic E-state index is 15.0. The molecular weight excluding hydrogens is 591 g/mol. The lowest BCUT2D eigenvalue weighted by atomic mass is 9.91. The van der Waals surface area contributed by atoms with E-state index in [-0.39, 0.29) is 19.1 Å². The number of imidazole rings is 1. The number of benzene rings is 3. The van der Waals surface area contributed by atoms with Crippen molar-refractivity contribution < 1.29 is 23.8 Å². The number of aryl methyl sites for hydroxylation is 1. The van der Waals surface area contributed by atoms with Crippen LogP contribution < -0.4 is 10.1 Å². The van der Waals surface area contributed by atoms with E-state index in [2.05, 4.69) is 26.2 Å². The summed E-state index contributed by atoms with van der Waals surface area (Å²) >= 11 is 3.30.